The minimum absolute atomic E-state index is 0.0458. The molecular formula is C24H19N3O3. The van der Waals surface area contributed by atoms with Crippen molar-refractivity contribution in [3.05, 3.63) is 64.8 Å². The molecule has 1 aromatic heterocycles. The highest BCUT2D eigenvalue weighted by Gasteiger charge is 2.28. The second-order valence-corrected chi connectivity index (χ2v) is 7.43. The van der Waals surface area contributed by atoms with Crippen LogP contribution >= 0.6 is 0 Å². The Balaban J connectivity index is 1.64. The Hall–Kier alpha value is -3.85. The molecule has 1 amide bonds. The Morgan fingerprint density at radius 3 is 2.90 bits per heavy atom. The Morgan fingerprint density at radius 2 is 2.03 bits per heavy atom. The van der Waals surface area contributed by atoms with E-state index >= 15 is 0 Å². The highest BCUT2D eigenvalue weighted by molar-refractivity contribution is 6.09. The van der Waals surface area contributed by atoms with Crippen LogP contribution in [0.4, 0.5) is 0 Å². The molecule has 0 N–H and O–H groups in total. The Labute approximate surface area is 174 Å². The molecule has 1 aliphatic carbocycles. The van der Waals surface area contributed by atoms with Gasteiger partial charge in [0.1, 0.15) is 6.54 Å². The summed E-state index contributed by atoms with van der Waals surface area (Å²) in [5.41, 5.74) is 5.35. The fourth-order valence-corrected chi connectivity index (χ4v) is 4.10. The number of amides is 1. The van der Waals surface area contributed by atoms with Gasteiger partial charge in [0.05, 0.1) is 22.8 Å². The van der Waals surface area contributed by atoms with Crippen molar-refractivity contribution in [2.45, 2.75) is 12.8 Å². The van der Waals surface area contributed by atoms with Gasteiger partial charge in [-0.3, -0.25) is 4.79 Å². The van der Waals surface area contributed by atoms with Gasteiger partial charge >= 0.3 is 0 Å². The average Bonchev–Trinajstić information content (AvgIpc) is 3.38. The molecule has 3 aromatic rings. The standard InChI is InChI=1S/C24H19N3O3/c1-27(11-10-25)24(28)22-17-4-2-3-5-19(17)26-23-16(7-8-18(22)23)12-15-6-9-20-21(13-15)30-14-29-20/h2-6,9,12-13H,7-8,11,14H2,1H3. The summed E-state index contributed by atoms with van der Waals surface area (Å²) in [6.45, 7) is 0.289. The lowest BCUT2D eigenvalue weighted by Gasteiger charge is -2.17. The zero-order chi connectivity index (χ0) is 20.7. The normalized spacial score (nSPS) is 15.3. The summed E-state index contributed by atoms with van der Waals surface area (Å²) in [6, 6.07) is 15.6. The van der Waals surface area contributed by atoms with Gasteiger partial charge in [0, 0.05) is 12.4 Å². The van der Waals surface area contributed by atoms with Crippen molar-refractivity contribution in [1.82, 2.24) is 9.88 Å². The van der Waals surface area contributed by atoms with Gasteiger partial charge in [-0.2, -0.15) is 5.26 Å². The van der Waals surface area contributed by atoms with E-state index in [1.54, 1.807) is 7.05 Å². The molecule has 0 spiro atoms. The molecule has 2 heterocycles. The highest BCUT2D eigenvalue weighted by atomic mass is 16.7. The van der Waals surface area contributed by atoms with Crippen LogP contribution in [0.15, 0.2) is 42.5 Å². The lowest BCUT2D eigenvalue weighted by molar-refractivity contribution is 0.0813. The number of hydrogen-bond acceptors (Lipinski definition) is 5. The molecule has 0 atom stereocenters. The molecule has 0 saturated carbocycles. The molecule has 0 radical (unpaired) electrons. The maximum atomic E-state index is 13.2. The largest absolute Gasteiger partial charge is 0.454 e. The molecule has 0 saturated heterocycles. The van der Waals surface area contributed by atoms with Crippen molar-refractivity contribution in [2.24, 2.45) is 0 Å². The van der Waals surface area contributed by atoms with Crippen molar-refractivity contribution in [3.8, 4) is 17.6 Å². The van der Waals surface area contributed by atoms with E-state index in [9.17, 15) is 4.79 Å². The molecule has 148 valence electrons. The molecule has 2 aliphatic rings. The van der Waals surface area contributed by atoms with Crippen LogP contribution in [0.3, 0.4) is 0 Å². The monoisotopic (exact) mass is 397 g/mol. The van der Waals surface area contributed by atoms with E-state index in [1.165, 1.54) is 4.90 Å². The van der Waals surface area contributed by atoms with Crippen molar-refractivity contribution in [3.63, 3.8) is 0 Å². The lowest BCUT2D eigenvalue weighted by atomic mass is 9.99. The maximum Gasteiger partial charge on any atom is 0.255 e. The minimum Gasteiger partial charge on any atom is -0.454 e. The van der Waals surface area contributed by atoms with Gasteiger partial charge in [0.2, 0.25) is 6.79 Å². The average molecular weight is 397 g/mol. The van der Waals surface area contributed by atoms with E-state index in [1.807, 2.05) is 42.5 Å². The number of hydrogen-bond donors (Lipinski definition) is 0. The quantitative estimate of drug-likeness (QED) is 0.624. The number of nitriles is 1. The smallest absolute Gasteiger partial charge is 0.255 e. The molecule has 6 nitrogen and oxygen atoms in total. The molecule has 0 fully saturated rings. The van der Waals surface area contributed by atoms with Crippen LogP contribution in [-0.4, -0.2) is 36.2 Å². The molecular weight excluding hydrogens is 378 g/mol. The fourth-order valence-electron chi connectivity index (χ4n) is 4.10. The lowest BCUT2D eigenvalue weighted by Crippen LogP contribution is -2.28. The van der Waals surface area contributed by atoms with Crippen LogP contribution in [0, 0.1) is 11.3 Å². The SMILES string of the molecule is CN(CC#N)C(=O)c1c2c(nc3ccccc13)C(=Cc1ccc3c(c1)OCO3)CC2. The summed E-state index contributed by atoms with van der Waals surface area (Å²) in [5.74, 6) is 1.35. The first kappa shape index (κ1) is 18.2. The third-order valence-electron chi connectivity index (χ3n) is 5.55. The van der Waals surface area contributed by atoms with Crippen molar-refractivity contribution in [1.29, 1.82) is 5.26 Å². The summed E-state index contributed by atoms with van der Waals surface area (Å²) >= 11 is 0. The van der Waals surface area contributed by atoms with E-state index in [4.69, 9.17) is 19.7 Å². The van der Waals surface area contributed by atoms with E-state index in [-0.39, 0.29) is 19.2 Å². The number of benzene rings is 2. The van der Waals surface area contributed by atoms with Crippen LogP contribution in [-0.2, 0) is 6.42 Å². The first-order chi connectivity index (χ1) is 14.7. The number of nitrogens with zero attached hydrogens (tertiary/aromatic N) is 3. The maximum absolute atomic E-state index is 13.2. The number of allylic oxidation sites excluding steroid dienone is 1. The van der Waals surface area contributed by atoms with Gasteiger partial charge in [0.15, 0.2) is 11.5 Å². The number of para-hydroxylation sites is 1. The summed E-state index contributed by atoms with van der Waals surface area (Å²) in [4.78, 5) is 19.6. The van der Waals surface area contributed by atoms with Crippen LogP contribution in [0.5, 0.6) is 11.5 Å². The molecule has 30 heavy (non-hydrogen) atoms. The number of aromatic nitrogens is 1. The van der Waals surface area contributed by atoms with Gasteiger partial charge in [0.25, 0.3) is 5.91 Å². The third kappa shape index (κ3) is 2.96. The Bertz CT molecular complexity index is 1260. The van der Waals surface area contributed by atoms with Crippen LogP contribution < -0.4 is 9.47 Å². The zero-order valence-corrected chi connectivity index (χ0v) is 16.5. The van der Waals surface area contributed by atoms with Gasteiger partial charge in [-0.05, 0) is 53.8 Å². The highest BCUT2D eigenvalue weighted by Crippen LogP contribution is 2.39. The summed E-state index contributed by atoms with van der Waals surface area (Å²) < 4.78 is 10.9. The Morgan fingerprint density at radius 1 is 1.20 bits per heavy atom. The second kappa shape index (κ2) is 7.20. The van der Waals surface area contributed by atoms with Gasteiger partial charge < -0.3 is 14.4 Å². The van der Waals surface area contributed by atoms with Crippen LogP contribution in [0.1, 0.15) is 33.6 Å². The van der Waals surface area contributed by atoms with Crippen molar-refractivity contribution < 1.29 is 14.3 Å². The van der Waals surface area contributed by atoms with E-state index in [0.29, 0.717) is 5.56 Å². The Kier molecular flexibility index (Phi) is 4.36. The van der Waals surface area contributed by atoms with E-state index in [2.05, 4.69) is 12.1 Å². The zero-order valence-electron chi connectivity index (χ0n) is 16.5. The van der Waals surface area contributed by atoms with Crippen LogP contribution in [0.2, 0.25) is 0 Å². The molecule has 1 aliphatic heterocycles. The molecule has 0 unspecified atom stereocenters. The molecule has 0 bridgehead atoms. The predicted molar refractivity (Wildman–Crippen MR) is 113 cm³/mol. The topological polar surface area (TPSA) is 75.5 Å². The summed E-state index contributed by atoms with van der Waals surface area (Å²) in [7, 11) is 1.66. The minimum atomic E-state index is -0.143. The number of pyridine rings is 1. The number of carbonyl (C=O) groups excluding carboxylic acids is 1. The first-order valence-electron chi connectivity index (χ1n) is 9.80. The van der Waals surface area contributed by atoms with Gasteiger partial charge in [-0.1, -0.05) is 24.3 Å². The van der Waals surface area contributed by atoms with Crippen LogP contribution in [0.25, 0.3) is 22.6 Å². The molecule has 2 aromatic carbocycles. The number of carbonyl (C=O) groups is 1. The summed E-state index contributed by atoms with van der Waals surface area (Å²) in [5, 5.41) is 9.86. The fraction of sp³-hybridized carbons (Fsp3) is 0.208. The third-order valence-corrected chi connectivity index (χ3v) is 5.55. The molecule has 5 rings (SSSR count). The second-order valence-electron chi connectivity index (χ2n) is 7.43. The van der Waals surface area contributed by atoms with Crippen molar-refractivity contribution >= 4 is 28.5 Å². The molecule has 6 heteroatoms. The first-order valence-corrected chi connectivity index (χ1v) is 9.80. The van der Waals surface area contributed by atoms with Crippen molar-refractivity contribution in [2.75, 3.05) is 20.4 Å². The number of fused-ring (bicyclic) bond motifs is 3. The van der Waals surface area contributed by atoms with E-state index < -0.39 is 0 Å². The number of ether oxygens (including phenoxy) is 2. The predicted octanol–water partition coefficient (Wildman–Crippen LogP) is 4.05. The number of rotatable bonds is 3. The van der Waals surface area contributed by atoms with E-state index in [0.717, 1.165) is 57.6 Å². The summed E-state index contributed by atoms with van der Waals surface area (Å²) in [6.07, 6.45) is 3.64. The van der Waals surface area contributed by atoms with Gasteiger partial charge in [-0.25, -0.2) is 4.98 Å². The van der Waals surface area contributed by atoms with Gasteiger partial charge in [-0.15, -0.1) is 0 Å².